The molecule has 1 aromatic heterocycles. The molecule has 2 heterocycles. The summed E-state index contributed by atoms with van der Waals surface area (Å²) < 4.78 is 0.462. The molecule has 0 amide bonds. The summed E-state index contributed by atoms with van der Waals surface area (Å²) >= 11 is 7.23. The number of anilines is 2. The van der Waals surface area contributed by atoms with Crippen molar-refractivity contribution < 1.29 is 4.92 Å². The van der Waals surface area contributed by atoms with Crippen molar-refractivity contribution in [3.63, 3.8) is 0 Å². The van der Waals surface area contributed by atoms with E-state index in [0.717, 1.165) is 43.3 Å². The third kappa shape index (κ3) is 5.08. The van der Waals surface area contributed by atoms with E-state index in [1.165, 1.54) is 16.9 Å². The third-order valence-electron chi connectivity index (χ3n) is 5.14. The lowest BCUT2D eigenvalue weighted by molar-refractivity contribution is -0.384. The fourth-order valence-electron chi connectivity index (χ4n) is 3.58. The van der Waals surface area contributed by atoms with Crippen LogP contribution < -0.4 is 10.2 Å². The summed E-state index contributed by atoms with van der Waals surface area (Å²) in [4.78, 5) is 20.7. The molecule has 30 heavy (non-hydrogen) atoms. The molecule has 0 unspecified atom stereocenters. The van der Waals surface area contributed by atoms with E-state index in [1.807, 2.05) is 18.2 Å². The normalized spacial score (nSPS) is 14.6. The zero-order chi connectivity index (χ0) is 20.9. The molecule has 0 radical (unpaired) electrons. The molecule has 4 rings (SSSR count). The van der Waals surface area contributed by atoms with Gasteiger partial charge in [0.1, 0.15) is 5.69 Å². The molecular weight excluding hydrogens is 422 g/mol. The van der Waals surface area contributed by atoms with Crippen LogP contribution in [0.15, 0.2) is 54.7 Å². The summed E-state index contributed by atoms with van der Waals surface area (Å²) in [6.45, 7) is 5.06. The Morgan fingerprint density at radius 2 is 1.90 bits per heavy atom. The van der Waals surface area contributed by atoms with Crippen LogP contribution in [0.25, 0.3) is 0 Å². The number of benzene rings is 2. The van der Waals surface area contributed by atoms with Crippen molar-refractivity contribution in [2.45, 2.75) is 13.1 Å². The summed E-state index contributed by atoms with van der Waals surface area (Å²) in [6.07, 6.45) is 1.68. The van der Waals surface area contributed by atoms with Gasteiger partial charge in [-0.3, -0.25) is 15.0 Å². The van der Waals surface area contributed by atoms with Gasteiger partial charge in [-0.05, 0) is 17.7 Å². The second-order valence-corrected chi connectivity index (χ2v) is 8.84. The first-order valence-corrected chi connectivity index (χ1v) is 10.9. The van der Waals surface area contributed by atoms with E-state index in [-0.39, 0.29) is 10.6 Å². The summed E-state index contributed by atoms with van der Waals surface area (Å²) in [5.74, 6) is 0. The molecule has 1 saturated heterocycles. The molecular formula is C21H22ClN5O2S. The van der Waals surface area contributed by atoms with E-state index in [2.05, 4.69) is 44.4 Å². The Morgan fingerprint density at radius 3 is 2.57 bits per heavy atom. The van der Waals surface area contributed by atoms with E-state index in [4.69, 9.17) is 11.6 Å². The number of hydrogen-bond donors (Lipinski definition) is 1. The monoisotopic (exact) mass is 443 g/mol. The number of nitrogens with one attached hydrogen (secondary N) is 1. The number of nitro benzene ring substituents is 1. The van der Waals surface area contributed by atoms with Crippen LogP contribution in [-0.4, -0.2) is 41.0 Å². The Morgan fingerprint density at radius 1 is 1.13 bits per heavy atom. The minimum absolute atomic E-state index is 0.0667. The van der Waals surface area contributed by atoms with Gasteiger partial charge in [0.15, 0.2) is 4.47 Å². The lowest BCUT2D eigenvalue weighted by Gasteiger charge is -2.36. The molecule has 0 spiro atoms. The van der Waals surface area contributed by atoms with Crippen LogP contribution in [0.2, 0.25) is 4.47 Å². The number of aromatic nitrogens is 1. The van der Waals surface area contributed by atoms with Crippen molar-refractivity contribution in [2.75, 3.05) is 36.4 Å². The number of nitro groups is 1. The predicted molar refractivity (Wildman–Crippen MR) is 121 cm³/mol. The molecule has 0 bridgehead atoms. The van der Waals surface area contributed by atoms with Crippen LogP contribution >= 0.6 is 22.9 Å². The predicted octanol–water partition coefficient (Wildman–Crippen LogP) is 4.64. The molecule has 0 atom stereocenters. The highest BCUT2D eigenvalue weighted by molar-refractivity contribution is 7.15. The van der Waals surface area contributed by atoms with Gasteiger partial charge in [0, 0.05) is 55.6 Å². The van der Waals surface area contributed by atoms with Crippen LogP contribution in [0.1, 0.15) is 10.4 Å². The molecule has 0 saturated carbocycles. The Balaban J connectivity index is 1.42. The minimum atomic E-state index is -0.358. The van der Waals surface area contributed by atoms with E-state index in [9.17, 15) is 10.1 Å². The number of piperazine rings is 1. The SMILES string of the molecule is O=[N+]([O-])c1ccc(N2CCN(Cc3ccccc3)CC2)cc1NCc1cnc(Cl)s1. The Kier molecular flexibility index (Phi) is 6.47. The van der Waals surface area contributed by atoms with Crippen LogP contribution in [0.3, 0.4) is 0 Å². The largest absolute Gasteiger partial charge is 0.374 e. The highest BCUT2D eigenvalue weighted by atomic mass is 35.5. The number of rotatable bonds is 7. The highest BCUT2D eigenvalue weighted by Crippen LogP contribution is 2.31. The van der Waals surface area contributed by atoms with Crippen molar-refractivity contribution in [1.29, 1.82) is 0 Å². The molecule has 2 aromatic carbocycles. The standard InChI is InChI=1S/C21H22ClN5O2S/c22-21-24-14-18(30-21)13-23-19-12-17(6-7-20(19)27(28)29)26-10-8-25(9-11-26)15-16-4-2-1-3-5-16/h1-7,12,14,23H,8-11,13,15H2. The van der Waals surface area contributed by atoms with Gasteiger partial charge in [0.25, 0.3) is 5.69 Å². The molecule has 156 valence electrons. The minimum Gasteiger partial charge on any atom is -0.374 e. The average molecular weight is 444 g/mol. The first kappa shape index (κ1) is 20.6. The Labute approximate surface area is 184 Å². The van der Waals surface area contributed by atoms with Gasteiger partial charge in [-0.2, -0.15) is 0 Å². The molecule has 7 nitrogen and oxygen atoms in total. The Hall–Kier alpha value is -2.68. The van der Waals surface area contributed by atoms with Crippen LogP contribution in [0.5, 0.6) is 0 Å². The topological polar surface area (TPSA) is 74.5 Å². The van der Waals surface area contributed by atoms with Crippen molar-refractivity contribution in [1.82, 2.24) is 9.88 Å². The molecule has 9 heteroatoms. The second kappa shape index (κ2) is 9.42. The lowest BCUT2D eigenvalue weighted by atomic mass is 10.1. The summed E-state index contributed by atoms with van der Waals surface area (Å²) in [5.41, 5.74) is 2.88. The van der Waals surface area contributed by atoms with Gasteiger partial charge >= 0.3 is 0 Å². The third-order valence-corrected chi connectivity index (χ3v) is 6.26. The molecule has 1 fully saturated rings. The van der Waals surface area contributed by atoms with Crippen molar-refractivity contribution in [2.24, 2.45) is 0 Å². The zero-order valence-electron chi connectivity index (χ0n) is 16.3. The molecule has 1 N–H and O–H groups in total. The smallest absolute Gasteiger partial charge is 0.292 e. The van der Waals surface area contributed by atoms with E-state index < -0.39 is 0 Å². The van der Waals surface area contributed by atoms with Crippen LogP contribution in [-0.2, 0) is 13.1 Å². The maximum absolute atomic E-state index is 11.5. The van der Waals surface area contributed by atoms with Crippen LogP contribution in [0, 0.1) is 10.1 Å². The van der Waals surface area contributed by atoms with E-state index >= 15 is 0 Å². The molecule has 1 aliphatic rings. The first-order valence-electron chi connectivity index (χ1n) is 9.72. The first-order chi connectivity index (χ1) is 14.6. The van der Waals surface area contributed by atoms with Gasteiger partial charge in [0.2, 0.25) is 0 Å². The van der Waals surface area contributed by atoms with Crippen molar-refractivity contribution in [3.05, 3.63) is 79.7 Å². The lowest BCUT2D eigenvalue weighted by Crippen LogP contribution is -2.46. The fourth-order valence-corrected chi connectivity index (χ4v) is 4.49. The summed E-state index contributed by atoms with van der Waals surface area (Å²) in [5, 5.41) is 14.6. The molecule has 1 aliphatic heterocycles. The van der Waals surface area contributed by atoms with Gasteiger partial charge in [0.05, 0.1) is 11.5 Å². The average Bonchev–Trinajstić information content (AvgIpc) is 3.18. The zero-order valence-corrected chi connectivity index (χ0v) is 17.9. The number of halogens is 1. The fraction of sp³-hybridized carbons (Fsp3) is 0.286. The van der Waals surface area contributed by atoms with Crippen molar-refractivity contribution >= 4 is 40.0 Å². The quantitative estimate of drug-likeness (QED) is 0.423. The second-order valence-electron chi connectivity index (χ2n) is 7.14. The van der Waals surface area contributed by atoms with Gasteiger partial charge in [-0.15, -0.1) is 11.3 Å². The number of thiazole rings is 1. The van der Waals surface area contributed by atoms with Gasteiger partial charge in [-0.25, -0.2) is 4.98 Å². The highest BCUT2D eigenvalue weighted by Gasteiger charge is 2.21. The van der Waals surface area contributed by atoms with Gasteiger partial charge < -0.3 is 10.2 Å². The maximum atomic E-state index is 11.5. The van der Waals surface area contributed by atoms with Crippen LogP contribution in [0.4, 0.5) is 17.1 Å². The van der Waals surface area contributed by atoms with E-state index in [1.54, 1.807) is 12.3 Å². The number of nitrogens with zero attached hydrogens (tertiary/aromatic N) is 4. The van der Waals surface area contributed by atoms with Gasteiger partial charge in [-0.1, -0.05) is 41.9 Å². The van der Waals surface area contributed by atoms with E-state index in [0.29, 0.717) is 16.7 Å². The molecule has 0 aliphatic carbocycles. The maximum Gasteiger partial charge on any atom is 0.292 e. The Bertz CT molecular complexity index is 1010. The summed E-state index contributed by atoms with van der Waals surface area (Å²) in [6, 6.07) is 15.7. The summed E-state index contributed by atoms with van der Waals surface area (Å²) in [7, 11) is 0. The molecule has 3 aromatic rings. The number of hydrogen-bond acceptors (Lipinski definition) is 7. The van der Waals surface area contributed by atoms with Crippen molar-refractivity contribution in [3.8, 4) is 0 Å².